The predicted molar refractivity (Wildman–Crippen MR) is 307 cm³/mol. The molecule has 8 aliphatic rings. The first-order valence-corrected chi connectivity index (χ1v) is 28.6. The Balaban J connectivity index is 0.000000101. The molecule has 8 aliphatic heterocycles. The minimum absolute atomic E-state index is 0.00945. The van der Waals surface area contributed by atoms with E-state index in [1.54, 1.807) is 24.3 Å². The zero-order valence-corrected chi connectivity index (χ0v) is 49.2. The second-order valence-electron chi connectivity index (χ2n) is 20.0. The van der Waals surface area contributed by atoms with Crippen LogP contribution in [0.25, 0.3) is 0 Å². The molecule has 16 heteroatoms. The van der Waals surface area contributed by atoms with Crippen molar-refractivity contribution >= 4 is 87.6 Å². The number of carbonyl (C=O) groups is 4. The third-order valence-corrected chi connectivity index (χ3v) is 17.8. The van der Waals surface area contributed by atoms with Gasteiger partial charge in [0, 0.05) is 17.9 Å². The largest absolute Gasteiger partial charge is 0.465 e. The molecule has 12 nitrogen and oxygen atoms in total. The van der Waals surface area contributed by atoms with Gasteiger partial charge < -0.3 is 37.9 Å². The van der Waals surface area contributed by atoms with Crippen molar-refractivity contribution in [2.75, 3.05) is 28.4 Å². The summed E-state index contributed by atoms with van der Waals surface area (Å²) in [5, 5.41) is 0. The number of rotatable bonds is 4. The van der Waals surface area contributed by atoms with E-state index in [0.29, 0.717) is 22.3 Å². The highest BCUT2D eigenvalue weighted by atomic mass is 79.9. The first-order valence-electron chi connectivity index (χ1n) is 25.4. The van der Waals surface area contributed by atoms with Crippen LogP contribution in [0, 0.1) is 0 Å². The van der Waals surface area contributed by atoms with Crippen LogP contribution < -0.4 is 0 Å². The summed E-state index contributed by atoms with van der Waals surface area (Å²) in [6.45, 7) is 0. The van der Waals surface area contributed by atoms with Crippen molar-refractivity contribution in [1.29, 1.82) is 0 Å². The summed E-state index contributed by atoms with van der Waals surface area (Å²) in [5.41, 5.74) is 20.8. The third kappa shape index (κ3) is 8.72. The lowest BCUT2D eigenvalue weighted by molar-refractivity contribution is 0.0591. The molecule has 0 unspecified atom stereocenters. The Morgan fingerprint density at radius 3 is 0.625 bits per heavy atom. The minimum atomic E-state index is -0.315. The van der Waals surface area contributed by atoms with Gasteiger partial charge in [-0.05, 0) is 186 Å². The number of ether oxygens (including phenoxy) is 8. The van der Waals surface area contributed by atoms with Crippen molar-refractivity contribution in [3.63, 3.8) is 0 Å². The summed E-state index contributed by atoms with van der Waals surface area (Å²) in [5.74, 6) is -1.26. The summed E-state index contributed by atoms with van der Waals surface area (Å²) >= 11 is 14.0. The van der Waals surface area contributed by atoms with Gasteiger partial charge in [0.25, 0.3) is 0 Å². The summed E-state index contributed by atoms with van der Waals surface area (Å²) in [4.78, 5) is 46.6. The molecule has 400 valence electrons. The molecule has 8 aromatic carbocycles. The Kier molecular flexibility index (Phi) is 13.7. The van der Waals surface area contributed by atoms with Crippen LogP contribution in [-0.4, -0.2) is 52.3 Å². The van der Waals surface area contributed by atoms with Crippen LogP contribution in [0.1, 0.15) is 179 Å². The summed E-state index contributed by atoms with van der Waals surface area (Å²) in [7, 11) is 5.57. The second-order valence-corrected chi connectivity index (χ2v) is 23.7. The molecule has 0 N–H and O–H groups in total. The molecule has 0 radical (unpaired) electrons. The van der Waals surface area contributed by atoms with Crippen LogP contribution in [0.2, 0.25) is 0 Å². The van der Waals surface area contributed by atoms with Crippen molar-refractivity contribution in [1.82, 2.24) is 0 Å². The second kappa shape index (κ2) is 20.7. The number of hydrogen-bond acceptors (Lipinski definition) is 12. The smallest absolute Gasteiger partial charge is 0.337 e. The van der Waals surface area contributed by atoms with Gasteiger partial charge in [0.15, 0.2) is 0 Å². The maximum atomic E-state index is 11.6. The number of halogens is 4. The van der Waals surface area contributed by atoms with E-state index >= 15 is 0 Å². The highest BCUT2D eigenvalue weighted by Crippen LogP contribution is 2.58. The van der Waals surface area contributed by atoms with Gasteiger partial charge in [-0.1, -0.05) is 112 Å². The molecular weight excluding hydrogens is 1280 g/mol. The fraction of sp³-hybridized carbons (Fsp3) is 0.188. The summed E-state index contributed by atoms with van der Waals surface area (Å²) in [6.07, 6.45) is -0.345. The Bertz CT molecular complexity index is 3720. The first kappa shape index (κ1) is 52.8. The minimum Gasteiger partial charge on any atom is -0.465 e. The molecule has 0 fully saturated rings. The van der Waals surface area contributed by atoms with Gasteiger partial charge in [0.2, 0.25) is 0 Å². The number of carbonyl (C=O) groups excluding carboxylic acids is 4. The Labute approximate surface area is 493 Å². The molecular formula is C64H44Br4O12. The quantitative estimate of drug-likeness (QED) is 0.122. The van der Waals surface area contributed by atoms with E-state index in [2.05, 4.69) is 112 Å². The molecule has 0 saturated carbocycles. The van der Waals surface area contributed by atoms with Crippen molar-refractivity contribution < 1.29 is 57.1 Å². The molecule has 0 amide bonds. The van der Waals surface area contributed by atoms with Gasteiger partial charge in [0.1, 0.15) is 48.8 Å². The van der Waals surface area contributed by atoms with Crippen LogP contribution in [-0.2, 0) is 37.9 Å². The lowest BCUT2D eigenvalue weighted by atomic mass is 9.85. The van der Waals surface area contributed by atoms with E-state index in [0.717, 1.165) is 62.4 Å². The summed E-state index contributed by atoms with van der Waals surface area (Å²) < 4.78 is 47.6. The number of benzene rings is 8. The fourth-order valence-electron chi connectivity index (χ4n) is 12.2. The van der Waals surface area contributed by atoms with Crippen molar-refractivity contribution in [3.8, 4) is 0 Å². The molecule has 8 aromatic rings. The van der Waals surface area contributed by atoms with E-state index in [-0.39, 0.29) is 72.7 Å². The molecule has 0 saturated heterocycles. The molecule has 0 aliphatic carbocycles. The zero-order chi connectivity index (χ0) is 55.4. The fourth-order valence-corrected chi connectivity index (χ4v) is 13.8. The lowest BCUT2D eigenvalue weighted by Gasteiger charge is -2.16. The van der Waals surface area contributed by atoms with Crippen LogP contribution in [0.5, 0.6) is 0 Å². The third-order valence-electron chi connectivity index (χ3n) is 15.8. The Morgan fingerprint density at radius 2 is 0.425 bits per heavy atom. The standard InChI is InChI=1S/4C16H11BrO3/c2*1-19-16(18)8-2-4-10-12(6-8)14-11-5-3-9(17)7-13(11)15(10)20-14;2*1-19-16(18)8-2-4-10-12(6-8)15-13-7-9(17)3-5-11(13)14(10)20-15/h4*2-7,14-15H,1H3/t2*14-,15-;2*14-,15+/m1010/s1. The van der Waals surface area contributed by atoms with Crippen LogP contribution in [0.3, 0.4) is 0 Å². The van der Waals surface area contributed by atoms with E-state index < -0.39 is 0 Å². The van der Waals surface area contributed by atoms with Crippen LogP contribution >= 0.6 is 63.7 Å². The molecule has 0 spiro atoms. The molecule has 0 aromatic heterocycles. The molecule has 80 heavy (non-hydrogen) atoms. The number of methoxy groups -OCH3 is 4. The molecule has 16 rings (SSSR count). The summed E-state index contributed by atoms with van der Waals surface area (Å²) in [6, 6.07) is 47.5. The Hall–Kier alpha value is -6.60. The zero-order valence-electron chi connectivity index (χ0n) is 42.9. The van der Waals surface area contributed by atoms with E-state index in [4.69, 9.17) is 37.9 Å². The van der Waals surface area contributed by atoms with E-state index in [1.807, 2.05) is 72.8 Å². The maximum Gasteiger partial charge on any atom is 0.337 e. The van der Waals surface area contributed by atoms with Gasteiger partial charge in [0.05, 0.1) is 50.7 Å². The predicted octanol–water partition coefficient (Wildman–Crippen LogP) is 15.0. The first-order chi connectivity index (χ1) is 38.7. The van der Waals surface area contributed by atoms with E-state index in [9.17, 15) is 19.2 Å². The van der Waals surface area contributed by atoms with Crippen molar-refractivity contribution in [2.24, 2.45) is 0 Å². The van der Waals surface area contributed by atoms with E-state index in [1.165, 1.54) is 72.9 Å². The lowest BCUT2D eigenvalue weighted by Crippen LogP contribution is -2.07. The number of fused-ring (bicyclic) bond motifs is 32. The topological polar surface area (TPSA) is 142 Å². The van der Waals surface area contributed by atoms with Gasteiger partial charge in [-0.25, -0.2) is 19.2 Å². The monoisotopic (exact) mass is 1320 g/mol. The van der Waals surface area contributed by atoms with Crippen molar-refractivity contribution in [2.45, 2.75) is 48.8 Å². The average Bonchev–Trinajstić information content (AvgIpc) is 4.51. The van der Waals surface area contributed by atoms with Gasteiger partial charge in [-0.15, -0.1) is 0 Å². The van der Waals surface area contributed by atoms with Gasteiger partial charge in [-0.3, -0.25) is 0 Å². The SMILES string of the molecule is COC(=O)c1ccc2c(c1)[C@@H]1O[C@H]2c2cc(Br)ccc21.COC(=O)c1ccc2c(c1)[C@@H]1O[C@H]2c2ccc(Br)cc21.COC(=O)c1ccc2c(c1)[C@H]1O[C@@H]2c2cc(Br)ccc21.COC(=O)c1ccc2c(c1)[C@H]1O[C@@H]2c2ccc(Br)cc21. The highest BCUT2D eigenvalue weighted by molar-refractivity contribution is 9.11. The number of esters is 4. The van der Waals surface area contributed by atoms with Crippen molar-refractivity contribution in [3.05, 3.63) is 275 Å². The molecule has 8 atom stereocenters. The van der Waals surface area contributed by atoms with Crippen LogP contribution in [0.4, 0.5) is 0 Å². The maximum absolute atomic E-state index is 11.6. The highest BCUT2D eigenvalue weighted by Gasteiger charge is 2.46. The number of hydrogen-bond donors (Lipinski definition) is 0. The van der Waals surface area contributed by atoms with Crippen LogP contribution in [0.15, 0.2) is 163 Å². The Morgan fingerprint density at radius 1 is 0.263 bits per heavy atom. The van der Waals surface area contributed by atoms with Gasteiger partial charge in [-0.2, -0.15) is 0 Å². The average molecular weight is 1320 g/mol. The van der Waals surface area contributed by atoms with Gasteiger partial charge >= 0.3 is 23.9 Å². The molecule has 8 bridgehead atoms. The molecule has 8 heterocycles. The normalized spacial score (nSPS) is 21.5.